The molecule has 1 heterocycles. The number of para-hydroxylation sites is 1. The Bertz CT molecular complexity index is 1060. The van der Waals surface area contributed by atoms with Crippen molar-refractivity contribution in [2.45, 2.75) is 4.90 Å². The van der Waals surface area contributed by atoms with Crippen LogP contribution in [0.1, 0.15) is 9.67 Å². The van der Waals surface area contributed by atoms with E-state index in [1.54, 1.807) is 42.5 Å². The second-order valence-corrected chi connectivity index (χ2v) is 7.84. The van der Waals surface area contributed by atoms with E-state index in [1.807, 2.05) is 12.1 Å². The van der Waals surface area contributed by atoms with Crippen LogP contribution in [0.2, 0.25) is 0 Å². The van der Waals surface area contributed by atoms with Crippen molar-refractivity contribution in [2.24, 2.45) is 0 Å². The number of thioether (sulfide) groups is 1. The molecule has 0 fully saturated rings. The van der Waals surface area contributed by atoms with Crippen LogP contribution >= 0.6 is 23.1 Å². The summed E-state index contributed by atoms with van der Waals surface area (Å²) < 4.78 is 18.1. The fourth-order valence-corrected chi connectivity index (χ4v) is 3.99. The Hall–Kier alpha value is -3.15. The summed E-state index contributed by atoms with van der Waals surface area (Å²) >= 11 is 2.51. The monoisotopic (exact) mass is 426 g/mol. The normalized spacial score (nSPS) is 10.2. The molecule has 3 aromatic rings. The first kappa shape index (κ1) is 20.6. The minimum atomic E-state index is -0.606. The Morgan fingerprint density at radius 3 is 2.62 bits per heavy atom. The van der Waals surface area contributed by atoms with Gasteiger partial charge in [-0.2, -0.15) is 5.26 Å². The van der Waals surface area contributed by atoms with Gasteiger partial charge in [-0.15, -0.1) is 23.1 Å². The zero-order chi connectivity index (χ0) is 20.6. The Morgan fingerprint density at radius 2 is 1.86 bits per heavy atom. The van der Waals surface area contributed by atoms with E-state index in [4.69, 9.17) is 10.00 Å². The highest BCUT2D eigenvalue weighted by Gasteiger charge is 2.14. The highest BCUT2D eigenvalue weighted by Crippen LogP contribution is 2.29. The molecule has 3 rings (SSSR count). The van der Waals surface area contributed by atoms with E-state index in [0.29, 0.717) is 10.6 Å². The van der Waals surface area contributed by atoms with E-state index in [-0.39, 0.29) is 11.6 Å². The third-order valence-corrected chi connectivity index (χ3v) is 5.78. The fraction of sp³-hybridized carbons (Fsp3) is 0.0952. The number of amides is 1. The number of anilines is 1. The Balaban J connectivity index is 1.57. The molecular weight excluding hydrogens is 411 g/mol. The fourth-order valence-electron chi connectivity index (χ4n) is 2.41. The van der Waals surface area contributed by atoms with Gasteiger partial charge in [-0.05, 0) is 42.0 Å². The van der Waals surface area contributed by atoms with Crippen molar-refractivity contribution in [1.82, 2.24) is 0 Å². The lowest BCUT2D eigenvalue weighted by molar-refractivity contribution is -0.119. The van der Waals surface area contributed by atoms with Gasteiger partial charge in [0.2, 0.25) is 0 Å². The van der Waals surface area contributed by atoms with Crippen LogP contribution < -0.4 is 5.32 Å². The van der Waals surface area contributed by atoms with E-state index in [2.05, 4.69) is 5.32 Å². The molecule has 29 heavy (non-hydrogen) atoms. The van der Waals surface area contributed by atoms with E-state index in [1.165, 1.54) is 35.2 Å². The van der Waals surface area contributed by atoms with Gasteiger partial charge in [0.15, 0.2) is 6.61 Å². The van der Waals surface area contributed by atoms with Gasteiger partial charge >= 0.3 is 5.97 Å². The lowest BCUT2D eigenvalue weighted by atomic mass is 10.2. The maximum atomic E-state index is 13.0. The number of hydrogen-bond acceptors (Lipinski definition) is 6. The van der Waals surface area contributed by atoms with Crippen LogP contribution in [-0.4, -0.2) is 24.2 Å². The van der Waals surface area contributed by atoms with Crippen molar-refractivity contribution >= 4 is 40.7 Å². The summed E-state index contributed by atoms with van der Waals surface area (Å²) in [6.45, 7) is -0.431. The van der Waals surface area contributed by atoms with E-state index < -0.39 is 18.5 Å². The molecule has 0 saturated carbocycles. The van der Waals surface area contributed by atoms with Crippen molar-refractivity contribution < 1.29 is 18.7 Å². The van der Waals surface area contributed by atoms with E-state index >= 15 is 0 Å². The largest absolute Gasteiger partial charge is 0.451 e. The number of nitrogens with zero attached hydrogens (tertiary/aromatic N) is 1. The summed E-state index contributed by atoms with van der Waals surface area (Å²) in [7, 11) is 0. The van der Waals surface area contributed by atoms with Gasteiger partial charge in [-0.3, -0.25) is 4.79 Å². The van der Waals surface area contributed by atoms with Gasteiger partial charge in [0.25, 0.3) is 5.91 Å². The molecule has 0 spiro atoms. The molecule has 146 valence electrons. The molecule has 5 nitrogen and oxygen atoms in total. The minimum Gasteiger partial charge on any atom is -0.451 e. The molecule has 0 atom stereocenters. The number of carbonyl (C=O) groups excluding carboxylic acids is 2. The molecule has 0 aliphatic carbocycles. The van der Waals surface area contributed by atoms with Gasteiger partial charge in [0, 0.05) is 9.77 Å². The number of thiophene rings is 1. The SMILES string of the molecule is N#CCSc1ccccc1NC(=O)COC(=O)c1ccc(-c2ccc(F)cc2)s1. The molecular formula is C21H15FN2O3S2. The van der Waals surface area contributed by atoms with Crippen molar-refractivity contribution in [1.29, 1.82) is 5.26 Å². The Morgan fingerprint density at radius 1 is 1.10 bits per heavy atom. The van der Waals surface area contributed by atoms with Gasteiger partial charge in [-0.1, -0.05) is 24.3 Å². The first-order valence-electron chi connectivity index (χ1n) is 8.48. The van der Waals surface area contributed by atoms with Gasteiger partial charge in [0.05, 0.1) is 17.5 Å². The standard InChI is InChI=1S/C21H15FN2O3S2/c22-15-7-5-14(6-8-15)17-9-10-19(29-17)21(26)27-13-20(25)24-16-3-1-2-4-18(16)28-12-11-23/h1-10H,12-13H2,(H,24,25). The van der Waals surface area contributed by atoms with Crippen LogP contribution in [0.25, 0.3) is 10.4 Å². The highest BCUT2D eigenvalue weighted by molar-refractivity contribution is 7.99. The summed E-state index contributed by atoms with van der Waals surface area (Å²) in [5.41, 5.74) is 1.35. The molecule has 2 aromatic carbocycles. The number of nitriles is 1. The van der Waals surface area contributed by atoms with E-state index in [0.717, 1.165) is 15.3 Å². The maximum Gasteiger partial charge on any atom is 0.348 e. The lowest BCUT2D eigenvalue weighted by Gasteiger charge is -2.09. The third kappa shape index (κ3) is 5.67. The number of esters is 1. The van der Waals surface area contributed by atoms with Crippen LogP contribution in [0.4, 0.5) is 10.1 Å². The number of nitrogens with one attached hydrogen (secondary N) is 1. The summed E-state index contributed by atoms with van der Waals surface area (Å²) in [6, 6.07) is 18.4. The molecule has 0 unspecified atom stereocenters. The highest BCUT2D eigenvalue weighted by atomic mass is 32.2. The molecule has 1 N–H and O–H groups in total. The van der Waals surface area contributed by atoms with Crippen LogP contribution in [0.5, 0.6) is 0 Å². The number of hydrogen-bond donors (Lipinski definition) is 1. The smallest absolute Gasteiger partial charge is 0.348 e. The minimum absolute atomic E-state index is 0.261. The number of carbonyl (C=O) groups is 2. The Kier molecular flexibility index (Phi) is 7.00. The molecule has 0 saturated heterocycles. The molecule has 0 radical (unpaired) electrons. The van der Waals surface area contributed by atoms with Crippen LogP contribution in [0.3, 0.4) is 0 Å². The van der Waals surface area contributed by atoms with E-state index in [9.17, 15) is 14.0 Å². The molecule has 1 amide bonds. The predicted octanol–water partition coefficient (Wildman–Crippen LogP) is 4.97. The van der Waals surface area contributed by atoms with Crippen LogP contribution in [0.15, 0.2) is 65.6 Å². The second kappa shape index (κ2) is 9.87. The van der Waals surface area contributed by atoms with Crippen LogP contribution in [-0.2, 0) is 9.53 Å². The van der Waals surface area contributed by atoms with Gasteiger partial charge < -0.3 is 10.1 Å². The average molecular weight is 426 g/mol. The zero-order valence-electron chi connectivity index (χ0n) is 15.1. The molecule has 8 heteroatoms. The summed E-state index contributed by atoms with van der Waals surface area (Å²) in [5, 5.41) is 11.4. The van der Waals surface area contributed by atoms with Crippen molar-refractivity contribution in [3.8, 4) is 16.5 Å². The van der Waals surface area contributed by atoms with Crippen molar-refractivity contribution in [3.05, 3.63) is 71.4 Å². The quantitative estimate of drug-likeness (QED) is 0.426. The maximum absolute atomic E-state index is 13.0. The second-order valence-electron chi connectivity index (χ2n) is 5.74. The number of rotatable bonds is 7. The van der Waals surface area contributed by atoms with Crippen LogP contribution in [0, 0.1) is 17.1 Å². The molecule has 0 bridgehead atoms. The summed E-state index contributed by atoms with van der Waals surface area (Å²) in [5.74, 6) is -1.15. The first-order valence-corrected chi connectivity index (χ1v) is 10.3. The summed E-state index contributed by atoms with van der Waals surface area (Å²) in [4.78, 5) is 26.3. The Labute approximate surface area is 175 Å². The third-order valence-electron chi connectivity index (χ3n) is 3.72. The number of halogens is 1. The van der Waals surface area contributed by atoms with Gasteiger partial charge in [-0.25, -0.2) is 9.18 Å². The first-order chi connectivity index (χ1) is 14.1. The molecule has 0 aliphatic heterocycles. The summed E-state index contributed by atoms with van der Waals surface area (Å²) in [6.07, 6.45) is 0. The topological polar surface area (TPSA) is 79.2 Å². The lowest BCUT2D eigenvalue weighted by Crippen LogP contribution is -2.20. The zero-order valence-corrected chi connectivity index (χ0v) is 16.7. The number of ether oxygens (including phenoxy) is 1. The number of benzene rings is 2. The van der Waals surface area contributed by atoms with Crippen molar-refractivity contribution in [3.63, 3.8) is 0 Å². The molecule has 0 aliphatic rings. The average Bonchev–Trinajstić information content (AvgIpc) is 3.22. The van der Waals surface area contributed by atoms with Crippen molar-refractivity contribution in [2.75, 3.05) is 17.7 Å². The van der Waals surface area contributed by atoms with Gasteiger partial charge in [0.1, 0.15) is 10.7 Å². The molecule has 1 aromatic heterocycles. The predicted molar refractivity (Wildman–Crippen MR) is 111 cm³/mol.